The molecule has 0 spiro atoms. The van der Waals surface area contributed by atoms with Crippen LogP contribution in [-0.2, 0) is 21.2 Å². The molecule has 0 amide bonds. The molecule has 4 rings (SSSR count). The SMILES string of the molecule is Cc1cc(OCCCS(C)(=O)=O)c(F)c(C)c1-c1cccc(COc2cc3c(cn2)[C@H](CC(=O)O)CS3)c1. The van der Waals surface area contributed by atoms with Gasteiger partial charge in [0.05, 0.1) is 18.8 Å². The second-order valence-electron chi connectivity index (χ2n) is 9.49. The summed E-state index contributed by atoms with van der Waals surface area (Å²) in [5.74, 6) is -0.0364. The lowest BCUT2D eigenvalue weighted by Crippen LogP contribution is -2.09. The minimum absolute atomic E-state index is 0.00934. The normalized spacial score (nSPS) is 14.8. The number of carboxylic acid groups (broad SMARTS) is 1. The number of benzene rings is 2. The molecule has 7 nitrogen and oxygen atoms in total. The molecule has 3 aromatic rings. The number of carbonyl (C=O) groups is 1. The molecule has 1 N–H and O–H groups in total. The molecule has 0 radical (unpaired) electrons. The summed E-state index contributed by atoms with van der Waals surface area (Å²) in [5.41, 5.74) is 4.74. The number of hydrogen-bond acceptors (Lipinski definition) is 7. The van der Waals surface area contributed by atoms with Crippen molar-refractivity contribution in [1.82, 2.24) is 4.98 Å². The van der Waals surface area contributed by atoms with Crippen LogP contribution in [0.15, 0.2) is 47.5 Å². The quantitative estimate of drug-likeness (QED) is 0.305. The first-order valence-electron chi connectivity index (χ1n) is 12.2. The molecule has 38 heavy (non-hydrogen) atoms. The van der Waals surface area contributed by atoms with Gasteiger partial charge in [0.25, 0.3) is 0 Å². The first-order valence-corrected chi connectivity index (χ1v) is 15.2. The van der Waals surface area contributed by atoms with Crippen LogP contribution in [0.3, 0.4) is 0 Å². The Balaban J connectivity index is 1.45. The number of aliphatic carboxylic acids is 1. The van der Waals surface area contributed by atoms with Crippen molar-refractivity contribution < 1.29 is 32.2 Å². The Morgan fingerprint density at radius 2 is 2.00 bits per heavy atom. The van der Waals surface area contributed by atoms with Crippen LogP contribution in [0.5, 0.6) is 11.6 Å². The van der Waals surface area contributed by atoms with E-state index < -0.39 is 21.6 Å². The number of sulfone groups is 1. The Bertz CT molecular complexity index is 1460. The highest BCUT2D eigenvalue weighted by atomic mass is 32.2. The summed E-state index contributed by atoms with van der Waals surface area (Å²) >= 11 is 1.61. The highest BCUT2D eigenvalue weighted by molar-refractivity contribution is 7.99. The second-order valence-corrected chi connectivity index (χ2v) is 12.8. The summed E-state index contributed by atoms with van der Waals surface area (Å²) in [4.78, 5) is 16.4. The van der Waals surface area contributed by atoms with Gasteiger partial charge in [0.1, 0.15) is 16.4 Å². The van der Waals surface area contributed by atoms with Crippen LogP contribution in [-0.4, -0.2) is 48.8 Å². The van der Waals surface area contributed by atoms with E-state index in [1.807, 2.05) is 37.3 Å². The predicted molar refractivity (Wildman–Crippen MR) is 145 cm³/mol. The summed E-state index contributed by atoms with van der Waals surface area (Å²) < 4.78 is 49.2. The molecule has 10 heteroatoms. The molecular weight excluding hydrogens is 529 g/mol. The molecule has 0 saturated heterocycles. The van der Waals surface area contributed by atoms with Crippen LogP contribution < -0.4 is 9.47 Å². The first kappa shape index (κ1) is 27.9. The Labute approximate surface area is 226 Å². The maximum Gasteiger partial charge on any atom is 0.303 e. The summed E-state index contributed by atoms with van der Waals surface area (Å²) in [6, 6.07) is 11.2. The standard InChI is InChI=1S/C28H30FNO6S2/c1-17-10-23(35-8-5-9-38(3,33)34)28(29)18(2)27(17)20-7-4-6-19(11-20)15-36-25-13-24-22(14-30-25)21(16-37-24)12-26(31)32/h4,6-7,10-11,13-14,21H,5,8-9,12,15-16H2,1-3H3,(H,31,32)/t21-/m1/s1. The summed E-state index contributed by atoms with van der Waals surface area (Å²) in [5, 5.41) is 9.10. The number of hydrogen-bond donors (Lipinski definition) is 1. The molecule has 0 aliphatic carbocycles. The smallest absolute Gasteiger partial charge is 0.303 e. The van der Waals surface area contributed by atoms with Crippen LogP contribution in [0.1, 0.15) is 41.0 Å². The third kappa shape index (κ3) is 6.85. The fourth-order valence-corrected chi connectivity index (χ4v) is 6.44. The van der Waals surface area contributed by atoms with Crippen molar-refractivity contribution in [2.24, 2.45) is 0 Å². The van der Waals surface area contributed by atoms with Crippen molar-refractivity contribution in [3.05, 3.63) is 70.7 Å². The third-order valence-electron chi connectivity index (χ3n) is 6.35. The summed E-state index contributed by atoms with van der Waals surface area (Å²) in [6.07, 6.45) is 3.25. The second kappa shape index (κ2) is 11.7. The van der Waals surface area contributed by atoms with Gasteiger partial charge in [-0.1, -0.05) is 18.2 Å². The number of fused-ring (bicyclic) bond motifs is 1. The Morgan fingerprint density at radius 3 is 2.74 bits per heavy atom. The van der Waals surface area contributed by atoms with Crippen LogP contribution in [0, 0.1) is 19.7 Å². The maximum absolute atomic E-state index is 15.2. The molecule has 0 fully saturated rings. The fourth-order valence-electron chi connectivity index (χ4n) is 4.55. The van der Waals surface area contributed by atoms with E-state index >= 15 is 4.39 Å². The van der Waals surface area contributed by atoms with Gasteiger partial charge in [-0.3, -0.25) is 4.79 Å². The molecule has 1 aliphatic rings. The average molecular weight is 560 g/mol. The van der Waals surface area contributed by atoms with Crippen molar-refractivity contribution in [1.29, 1.82) is 0 Å². The number of aromatic nitrogens is 1. The summed E-state index contributed by atoms with van der Waals surface area (Å²) in [7, 11) is -3.09. The predicted octanol–water partition coefficient (Wildman–Crippen LogP) is 5.56. The van der Waals surface area contributed by atoms with Crippen molar-refractivity contribution in [3.8, 4) is 22.8 Å². The van der Waals surface area contributed by atoms with E-state index in [-0.39, 0.29) is 37.1 Å². The zero-order valence-corrected chi connectivity index (χ0v) is 23.1. The lowest BCUT2D eigenvalue weighted by molar-refractivity contribution is -0.137. The Kier molecular flexibility index (Phi) is 8.62. The van der Waals surface area contributed by atoms with E-state index in [1.54, 1.807) is 30.9 Å². The Hall–Kier alpha value is -3.11. The highest BCUT2D eigenvalue weighted by Gasteiger charge is 2.26. The topological polar surface area (TPSA) is 103 Å². The van der Waals surface area contributed by atoms with Crippen molar-refractivity contribution in [3.63, 3.8) is 0 Å². The molecule has 1 aromatic heterocycles. The van der Waals surface area contributed by atoms with Crippen molar-refractivity contribution >= 4 is 27.6 Å². The van der Waals surface area contributed by atoms with Gasteiger partial charge in [-0.15, -0.1) is 11.8 Å². The van der Waals surface area contributed by atoms with E-state index in [2.05, 4.69) is 4.98 Å². The number of rotatable bonds is 11. The van der Waals surface area contributed by atoms with Gasteiger partial charge >= 0.3 is 5.97 Å². The molecule has 202 valence electrons. The van der Waals surface area contributed by atoms with Crippen LogP contribution in [0.25, 0.3) is 11.1 Å². The first-order chi connectivity index (χ1) is 18.0. The lowest BCUT2D eigenvalue weighted by atomic mass is 9.94. The Morgan fingerprint density at radius 1 is 1.21 bits per heavy atom. The summed E-state index contributed by atoms with van der Waals surface area (Å²) in [6.45, 7) is 3.97. The molecule has 0 bridgehead atoms. The molecule has 0 unspecified atom stereocenters. The monoisotopic (exact) mass is 559 g/mol. The number of ether oxygens (including phenoxy) is 2. The highest BCUT2D eigenvalue weighted by Crippen LogP contribution is 2.42. The number of halogens is 1. The van der Waals surface area contributed by atoms with E-state index in [9.17, 15) is 13.2 Å². The molecule has 2 heterocycles. The third-order valence-corrected chi connectivity index (χ3v) is 8.62. The molecule has 0 saturated carbocycles. The van der Waals surface area contributed by atoms with Crippen LogP contribution in [0.4, 0.5) is 4.39 Å². The molecule has 1 atom stereocenters. The van der Waals surface area contributed by atoms with E-state index in [1.165, 1.54) is 0 Å². The van der Waals surface area contributed by atoms with Gasteiger partial charge in [-0.2, -0.15) is 0 Å². The van der Waals surface area contributed by atoms with Crippen LogP contribution in [0.2, 0.25) is 0 Å². The van der Waals surface area contributed by atoms with Gasteiger partial charge in [-0.05, 0) is 65.8 Å². The number of pyridine rings is 1. The average Bonchev–Trinajstić information content (AvgIpc) is 3.24. The molecule has 2 aromatic carbocycles. The largest absolute Gasteiger partial charge is 0.490 e. The van der Waals surface area contributed by atoms with E-state index in [0.29, 0.717) is 23.6 Å². The van der Waals surface area contributed by atoms with Gasteiger partial charge in [0, 0.05) is 35.1 Å². The number of aryl methyl sites for hydroxylation is 1. The number of carboxylic acids is 1. The minimum atomic E-state index is -3.09. The molecular formula is C28H30FNO6S2. The van der Waals surface area contributed by atoms with Crippen LogP contribution >= 0.6 is 11.8 Å². The lowest BCUT2D eigenvalue weighted by Gasteiger charge is -2.16. The van der Waals surface area contributed by atoms with E-state index in [0.717, 1.165) is 39.0 Å². The van der Waals surface area contributed by atoms with E-state index in [4.69, 9.17) is 14.6 Å². The van der Waals surface area contributed by atoms with Crippen molar-refractivity contribution in [2.45, 2.75) is 44.1 Å². The van der Waals surface area contributed by atoms with Gasteiger partial charge < -0.3 is 14.6 Å². The van der Waals surface area contributed by atoms with Gasteiger partial charge in [0.15, 0.2) is 11.6 Å². The van der Waals surface area contributed by atoms with Gasteiger partial charge in [0.2, 0.25) is 5.88 Å². The zero-order valence-electron chi connectivity index (χ0n) is 21.5. The number of thioether (sulfide) groups is 1. The molecule has 1 aliphatic heterocycles. The fraction of sp³-hybridized carbons (Fsp3) is 0.357. The number of nitrogens with zero attached hydrogens (tertiary/aromatic N) is 1. The van der Waals surface area contributed by atoms with Crippen molar-refractivity contribution in [2.75, 3.05) is 24.4 Å². The minimum Gasteiger partial charge on any atom is -0.490 e. The zero-order chi connectivity index (χ0) is 27.4. The maximum atomic E-state index is 15.2. The van der Waals surface area contributed by atoms with Gasteiger partial charge in [-0.25, -0.2) is 17.8 Å².